The van der Waals surface area contributed by atoms with Crippen molar-refractivity contribution in [2.45, 2.75) is 19.1 Å². The van der Waals surface area contributed by atoms with Gasteiger partial charge in [-0.15, -0.1) is 0 Å². The molecule has 1 heterocycles. The maximum absolute atomic E-state index is 12.1. The minimum Gasteiger partial charge on any atom is -0.489 e. The Morgan fingerprint density at radius 2 is 2.00 bits per heavy atom. The fourth-order valence-electron chi connectivity index (χ4n) is 2.69. The molecule has 1 aliphatic rings. The number of nitriles is 1. The molecule has 1 fully saturated rings. The average molecular weight is 336 g/mol. The molecule has 128 valence electrons. The molecule has 1 aliphatic heterocycles. The first-order valence-corrected chi connectivity index (χ1v) is 8.30. The minimum atomic E-state index is -0.670. The summed E-state index contributed by atoms with van der Waals surface area (Å²) in [4.78, 5) is 12.1. The van der Waals surface area contributed by atoms with Gasteiger partial charge in [0.05, 0.1) is 18.6 Å². The summed E-state index contributed by atoms with van der Waals surface area (Å²) in [7, 11) is 0. The summed E-state index contributed by atoms with van der Waals surface area (Å²) in [5, 5.41) is 12.1. The number of carbonyl (C=O) groups is 1. The van der Waals surface area contributed by atoms with Crippen molar-refractivity contribution in [2.24, 2.45) is 5.92 Å². The van der Waals surface area contributed by atoms with Crippen molar-refractivity contribution in [3.8, 4) is 11.8 Å². The third kappa shape index (κ3) is 4.59. The maximum atomic E-state index is 12.1. The van der Waals surface area contributed by atoms with E-state index in [-0.39, 0.29) is 11.8 Å². The molecule has 2 atom stereocenters. The van der Waals surface area contributed by atoms with E-state index in [1.807, 2.05) is 42.5 Å². The van der Waals surface area contributed by atoms with Crippen molar-refractivity contribution in [1.82, 2.24) is 5.32 Å². The summed E-state index contributed by atoms with van der Waals surface area (Å²) in [5.74, 6) is 0.428. The van der Waals surface area contributed by atoms with E-state index in [9.17, 15) is 10.1 Å². The number of amides is 1. The summed E-state index contributed by atoms with van der Waals surface area (Å²) in [6.07, 6.45) is 0.705. The lowest BCUT2D eigenvalue weighted by molar-refractivity contribution is -0.125. The van der Waals surface area contributed by atoms with Crippen LogP contribution in [0.4, 0.5) is 0 Å². The van der Waals surface area contributed by atoms with Crippen molar-refractivity contribution in [3.05, 3.63) is 65.7 Å². The molecule has 2 aromatic carbocycles. The molecule has 0 bridgehead atoms. The molecular formula is C20H20N2O3. The molecule has 0 aliphatic carbocycles. The van der Waals surface area contributed by atoms with Crippen LogP contribution in [0, 0.1) is 17.2 Å². The van der Waals surface area contributed by atoms with Crippen LogP contribution in [0.5, 0.6) is 5.75 Å². The Labute approximate surface area is 147 Å². The van der Waals surface area contributed by atoms with E-state index in [4.69, 9.17) is 9.47 Å². The molecule has 2 unspecified atom stereocenters. The number of nitrogens with zero attached hydrogens (tertiary/aromatic N) is 1. The molecule has 2 aromatic rings. The van der Waals surface area contributed by atoms with E-state index in [2.05, 4.69) is 11.4 Å². The quantitative estimate of drug-likeness (QED) is 0.880. The molecule has 5 nitrogen and oxygen atoms in total. The van der Waals surface area contributed by atoms with Gasteiger partial charge < -0.3 is 14.8 Å². The van der Waals surface area contributed by atoms with Crippen molar-refractivity contribution in [1.29, 1.82) is 5.26 Å². The van der Waals surface area contributed by atoms with Gasteiger partial charge in [0.1, 0.15) is 18.4 Å². The van der Waals surface area contributed by atoms with Crippen LogP contribution in [-0.4, -0.2) is 19.1 Å². The molecule has 0 aromatic heterocycles. The van der Waals surface area contributed by atoms with Crippen LogP contribution < -0.4 is 10.1 Å². The monoisotopic (exact) mass is 336 g/mol. The number of carbonyl (C=O) groups excluding carboxylic acids is 1. The minimum absolute atomic E-state index is 0.131. The Morgan fingerprint density at radius 1 is 1.24 bits per heavy atom. The van der Waals surface area contributed by atoms with Gasteiger partial charge in [-0.25, -0.2) is 0 Å². The smallest absolute Gasteiger partial charge is 0.226 e. The number of hydrogen-bond donors (Lipinski definition) is 1. The van der Waals surface area contributed by atoms with Crippen LogP contribution in [0.1, 0.15) is 23.6 Å². The summed E-state index contributed by atoms with van der Waals surface area (Å²) < 4.78 is 11.0. The van der Waals surface area contributed by atoms with E-state index in [1.165, 1.54) is 0 Å². The predicted molar refractivity (Wildman–Crippen MR) is 92.6 cm³/mol. The Hall–Kier alpha value is -2.84. The number of rotatable bonds is 6. The standard InChI is InChI=1S/C20H20N2O3/c21-12-19(22-20(23)17-10-11-24-14-17)16-6-8-18(9-7-16)25-13-15-4-2-1-3-5-15/h1-9,17,19H,10-11,13-14H2,(H,22,23). The Balaban J connectivity index is 1.58. The number of hydrogen-bond acceptors (Lipinski definition) is 4. The zero-order valence-corrected chi connectivity index (χ0v) is 13.9. The molecule has 1 amide bonds. The van der Waals surface area contributed by atoms with Gasteiger partial charge in [0.15, 0.2) is 0 Å². The molecule has 0 spiro atoms. The third-order valence-corrected chi connectivity index (χ3v) is 4.18. The highest BCUT2D eigenvalue weighted by molar-refractivity contribution is 5.79. The lowest BCUT2D eigenvalue weighted by Crippen LogP contribution is -2.33. The Kier molecular flexibility index (Phi) is 5.65. The van der Waals surface area contributed by atoms with Gasteiger partial charge in [-0.3, -0.25) is 4.79 Å². The Bertz CT molecular complexity index is 732. The average Bonchev–Trinajstić information content (AvgIpc) is 3.20. The zero-order valence-electron chi connectivity index (χ0n) is 13.9. The first-order chi connectivity index (χ1) is 12.3. The number of benzene rings is 2. The molecule has 0 radical (unpaired) electrons. The molecule has 0 saturated carbocycles. The number of nitrogens with one attached hydrogen (secondary N) is 1. The van der Waals surface area contributed by atoms with E-state index in [0.717, 1.165) is 16.9 Å². The molecule has 1 saturated heterocycles. The summed E-state index contributed by atoms with van der Waals surface area (Å²) in [5.41, 5.74) is 1.83. The molecular weight excluding hydrogens is 316 g/mol. The van der Waals surface area contributed by atoms with E-state index < -0.39 is 6.04 Å². The normalized spacial score (nSPS) is 17.5. The highest BCUT2D eigenvalue weighted by Crippen LogP contribution is 2.20. The van der Waals surface area contributed by atoms with Gasteiger partial charge in [-0.1, -0.05) is 42.5 Å². The van der Waals surface area contributed by atoms with Crippen LogP contribution in [-0.2, 0) is 16.1 Å². The van der Waals surface area contributed by atoms with Crippen LogP contribution in [0.3, 0.4) is 0 Å². The largest absolute Gasteiger partial charge is 0.489 e. The predicted octanol–water partition coefficient (Wildman–Crippen LogP) is 2.98. The lowest BCUT2D eigenvalue weighted by atomic mass is 10.0. The molecule has 25 heavy (non-hydrogen) atoms. The van der Waals surface area contributed by atoms with Gasteiger partial charge in [0.25, 0.3) is 0 Å². The maximum Gasteiger partial charge on any atom is 0.226 e. The van der Waals surface area contributed by atoms with E-state index >= 15 is 0 Å². The van der Waals surface area contributed by atoms with Gasteiger partial charge in [-0.05, 0) is 29.7 Å². The fourth-order valence-corrected chi connectivity index (χ4v) is 2.69. The summed E-state index contributed by atoms with van der Waals surface area (Å²) in [6.45, 7) is 1.51. The fraction of sp³-hybridized carbons (Fsp3) is 0.300. The Morgan fingerprint density at radius 3 is 2.64 bits per heavy atom. The molecule has 5 heteroatoms. The van der Waals surface area contributed by atoms with Gasteiger partial charge in [0.2, 0.25) is 5.91 Å². The van der Waals surface area contributed by atoms with Crippen LogP contribution in [0.2, 0.25) is 0 Å². The van der Waals surface area contributed by atoms with Crippen LogP contribution >= 0.6 is 0 Å². The summed E-state index contributed by atoms with van der Waals surface area (Å²) in [6, 6.07) is 18.6. The van der Waals surface area contributed by atoms with Crippen molar-refractivity contribution >= 4 is 5.91 Å². The second-order valence-electron chi connectivity index (χ2n) is 5.97. The van der Waals surface area contributed by atoms with Crippen LogP contribution in [0.25, 0.3) is 0 Å². The second kappa shape index (κ2) is 8.32. The first-order valence-electron chi connectivity index (χ1n) is 8.30. The second-order valence-corrected chi connectivity index (χ2v) is 5.97. The lowest BCUT2D eigenvalue weighted by Gasteiger charge is -2.15. The topological polar surface area (TPSA) is 71.4 Å². The zero-order chi connectivity index (χ0) is 17.5. The van der Waals surface area contributed by atoms with Crippen molar-refractivity contribution < 1.29 is 14.3 Å². The van der Waals surface area contributed by atoms with Crippen molar-refractivity contribution in [3.63, 3.8) is 0 Å². The van der Waals surface area contributed by atoms with Gasteiger partial charge in [-0.2, -0.15) is 5.26 Å². The van der Waals surface area contributed by atoms with Crippen LogP contribution in [0.15, 0.2) is 54.6 Å². The van der Waals surface area contributed by atoms with E-state index in [1.54, 1.807) is 12.1 Å². The van der Waals surface area contributed by atoms with E-state index in [0.29, 0.717) is 26.2 Å². The third-order valence-electron chi connectivity index (χ3n) is 4.18. The van der Waals surface area contributed by atoms with Crippen molar-refractivity contribution in [2.75, 3.05) is 13.2 Å². The first kappa shape index (κ1) is 17.0. The SMILES string of the molecule is N#CC(NC(=O)C1CCOC1)c1ccc(OCc2ccccc2)cc1. The summed E-state index contributed by atoms with van der Waals surface area (Å²) >= 11 is 0. The molecule has 1 N–H and O–H groups in total. The highest BCUT2D eigenvalue weighted by atomic mass is 16.5. The molecule has 3 rings (SSSR count). The number of ether oxygens (including phenoxy) is 2. The van der Waals surface area contributed by atoms with Gasteiger partial charge in [0, 0.05) is 6.61 Å². The highest BCUT2D eigenvalue weighted by Gasteiger charge is 2.25. The van der Waals surface area contributed by atoms with Gasteiger partial charge >= 0.3 is 0 Å².